The van der Waals surface area contributed by atoms with Gasteiger partial charge >= 0.3 is 11.2 Å². The fraction of sp³-hybridized carbons (Fsp3) is 0.400. The van der Waals surface area contributed by atoms with Gasteiger partial charge in [0.15, 0.2) is 0 Å². The van der Waals surface area contributed by atoms with Crippen molar-refractivity contribution >= 4 is 28.1 Å². The maximum atomic E-state index is 12.9. The Hall–Kier alpha value is -3.93. The monoisotopic (exact) mass is 458 g/mol. The summed E-state index contributed by atoms with van der Waals surface area (Å²) in [5, 5.41) is 21.3. The van der Waals surface area contributed by atoms with E-state index in [9.17, 15) is 20.2 Å². The van der Waals surface area contributed by atoms with Crippen molar-refractivity contribution in [1.29, 1.82) is 5.26 Å². The van der Waals surface area contributed by atoms with Crippen LogP contribution in [0.2, 0.25) is 0 Å². The summed E-state index contributed by atoms with van der Waals surface area (Å²) in [6, 6.07) is 15.9. The largest absolute Gasteiger partial charge is 0.368 e. The van der Waals surface area contributed by atoms with Gasteiger partial charge in [-0.05, 0) is 55.9 Å². The number of rotatable bonds is 6. The standard InChI is InChI=1S/C25H26N6O3/c1-28-21-10-9-18(15-26)27-22(21)23(24(25(28)32)31(33)34)29-13-11-20(12-14-29)30(16-17-7-8-17)19-5-3-2-4-6-19/h2-6,9-10,17,20H,7-8,11-14,16H2,1H3. The number of nitriles is 1. The smallest absolute Gasteiger partial charge is 0.359 e. The Bertz CT molecular complexity index is 1330. The summed E-state index contributed by atoms with van der Waals surface area (Å²) in [5.74, 6) is 0.731. The van der Waals surface area contributed by atoms with Gasteiger partial charge in [-0.2, -0.15) is 5.26 Å². The highest BCUT2D eigenvalue weighted by Gasteiger charge is 2.35. The Morgan fingerprint density at radius 2 is 1.85 bits per heavy atom. The quantitative estimate of drug-likeness (QED) is 0.410. The van der Waals surface area contributed by atoms with Crippen LogP contribution in [0.15, 0.2) is 47.3 Å². The van der Waals surface area contributed by atoms with E-state index in [1.807, 2.05) is 17.0 Å². The van der Waals surface area contributed by atoms with Crippen molar-refractivity contribution in [2.45, 2.75) is 31.7 Å². The Kier molecular flexibility index (Phi) is 5.65. The van der Waals surface area contributed by atoms with Crippen LogP contribution in [-0.4, -0.2) is 40.2 Å². The first-order valence-corrected chi connectivity index (χ1v) is 11.6. The average Bonchev–Trinajstić information content (AvgIpc) is 3.69. The van der Waals surface area contributed by atoms with E-state index in [4.69, 9.17) is 0 Å². The highest BCUT2D eigenvalue weighted by atomic mass is 16.6. The van der Waals surface area contributed by atoms with Gasteiger partial charge in [-0.25, -0.2) is 4.98 Å². The molecule has 1 aliphatic carbocycles. The van der Waals surface area contributed by atoms with Gasteiger partial charge in [-0.15, -0.1) is 0 Å². The molecule has 9 heteroatoms. The van der Waals surface area contributed by atoms with E-state index in [2.05, 4.69) is 34.1 Å². The molecule has 2 fully saturated rings. The van der Waals surface area contributed by atoms with Crippen molar-refractivity contribution in [2.75, 3.05) is 29.4 Å². The molecule has 9 nitrogen and oxygen atoms in total. The molecule has 1 aromatic carbocycles. The van der Waals surface area contributed by atoms with Gasteiger partial charge in [0, 0.05) is 38.4 Å². The molecular formula is C25H26N6O3. The molecule has 1 saturated carbocycles. The van der Waals surface area contributed by atoms with Crippen LogP contribution in [0.4, 0.5) is 17.1 Å². The highest BCUT2D eigenvalue weighted by Crippen LogP contribution is 2.37. The summed E-state index contributed by atoms with van der Waals surface area (Å²) in [6.45, 7) is 2.16. The third-order valence-corrected chi connectivity index (χ3v) is 6.95. The van der Waals surface area contributed by atoms with Gasteiger partial charge in [-0.1, -0.05) is 18.2 Å². The lowest BCUT2D eigenvalue weighted by atomic mass is 10.0. The zero-order valence-corrected chi connectivity index (χ0v) is 19.1. The van der Waals surface area contributed by atoms with E-state index >= 15 is 0 Å². The molecule has 1 aliphatic heterocycles. The fourth-order valence-corrected chi connectivity index (χ4v) is 4.97. The van der Waals surface area contributed by atoms with Gasteiger partial charge in [0.1, 0.15) is 23.0 Å². The SMILES string of the molecule is Cn1c(=O)c([N+](=O)[O-])c(N2CCC(N(CC3CC3)c3ccccc3)CC2)c2nc(C#N)ccc21. The van der Waals surface area contributed by atoms with E-state index in [0.717, 1.165) is 25.3 Å². The number of piperidine rings is 1. The minimum atomic E-state index is -0.666. The van der Waals surface area contributed by atoms with Crippen molar-refractivity contribution in [3.8, 4) is 6.07 Å². The average molecular weight is 459 g/mol. The molecule has 5 rings (SSSR count). The predicted octanol–water partition coefficient (Wildman–Crippen LogP) is 3.60. The Morgan fingerprint density at radius 1 is 1.15 bits per heavy atom. The molecule has 2 aliphatic rings. The van der Waals surface area contributed by atoms with E-state index < -0.39 is 16.2 Å². The summed E-state index contributed by atoms with van der Waals surface area (Å²) in [4.78, 5) is 33.1. The van der Waals surface area contributed by atoms with Crippen molar-refractivity contribution in [1.82, 2.24) is 9.55 Å². The molecule has 34 heavy (non-hydrogen) atoms. The van der Waals surface area contributed by atoms with Crippen LogP contribution >= 0.6 is 0 Å². The minimum absolute atomic E-state index is 0.163. The maximum absolute atomic E-state index is 12.9. The Labute approximate surface area is 197 Å². The minimum Gasteiger partial charge on any atom is -0.368 e. The molecule has 2 aromatic heterocycles. The number of anilines is 2. The third kappa shape index (κ3) is 3.96. The Morgan fingerprint density at radius 3 is 2.47 bits per heavy atom. The van der Waals surface area contributed by atoms with E-state index in [1.54, 1.807) is 6.07 Å². The summed E-state index contributed by atoms with van der Waals surface area (Å²) < 4.78 is 1.24. The molecular weight excluding hydrogens is 432 g/mol. The number of nitro groups is 1. The zero-order valence-electron chi connectivity index (χ0n) is 19.1. The number of aromatic nitrogens is 2. The number of hydrogen-bond acceptors (Lipinski definition) is 7. The summed E-state index contributed by atoms with van der Waals surface area (Å²) >= 11 is 0. The number of aryl methyl sites for hydroxylation is 1. The number of hydrogen-bond donors (Lipinski definition) is 0. The number of nitrogens with zero attached hydrogens (tertiary/aromatic N) is 6. The maximum Gasteiger partial charge on any atom is 0.359 e. The predicted molar refractivity (Wildman–Crippen MR) is 130 cm³/mol. The van der Waals surface area contributed by atoms with Gasteiger partial charge in [0.25, 0.3) is 0 Å². The first-order chi connectivity index (χ1) is 16.5. The van der Waals surface area contributed by atoms with Gasteiger partial charge in [0.05, 0.1) is 10.4 Å². The van der Waals surface area contributed by atoms with E-state index in [-0.39, 0.29) is 11.4 Å². The topological polar surface area (TPSA) is 108 Å². The molecule has 0 unspecified atom stereocenters. The van der Waals surface area contributed by atoms with Crippen molar-refractivity contribution in [3.05, 3.63) is 68.6 Å². The molecule has 0 amide bonds. The molecule has 3 heterocycles. The van der Waals surface area contributed by atoms with Crippen molar-refractivity contribution in [2.24, 2.45) is 13.0 Å². The summed E-state index contributed by atoms with van der Waals surface area (Å²) in [5.41, 5.74) is 1.26. The fourth-order valence-electron chi connectivity index (χ4n) is 4.97. The second kappa shape index (κ2) is 8.78. The summed E-state index contributed by atoms with van der Waals surface area (Å²) in [6.07, 6.45) is 4.15. The lowest BCUT2D eigenvalue weighted by molar-refractivity contribution is -0.385. The number of pyridine rings is 2. The molecule has 3 aromatic rings. The molecule has 0 bridgehead atoms. The second-order valence-electron chi connectivity index (χ2n) is 9.14. The van der Waals surface area contributed by atoms with Crippen LogP contribution in [0.3, 0.4) is 0 Å². The van der Waals surface area contributed by atoms with Crippen LogP contribution in [-0.2, 0) is 7.05 Å². The molecule has 0 radical (unpaired) electrons. The highest BCUT2D eigenvalue weighted by molar-refractivity contribution is 5.94. The first-order valence-electron chi connectivity index (χ1n) is 11.6. The molecule has 0 atom stereocenters. The van der Waals surface area contributed by atoms with Crippen LogP contribution in [0.5, 0.6) is 0 Å². The lowest BCUT2D eigenvalue weighted by Gasteiger charge is -2.40. The molecule has 174 valence electrons. The van der Waals surface area contributed by atoms with Gasteiger partial charge < -0.3 is 14.4 Å². The van der Waals surface area contributed by atoms with Crippen molar-refractivity contribution in [3.63, 3.8) is 0 Å². The van der Waals surface area contributed by atoms with Gasteiger partial charge in [0.2, 0.25) is 0 Å². The van der Waals surface area contributed by atoms with Crippen LogP contribution in [0.1, 0.15) is 31.4 Å². The third-order valence-electron chi connectivity index (χ3n) is 6.95. The van der Waals surface area contributed by atoms with Crippen LogP contribution in [0, 0.1) is 27.4 Å². The first kappa shape index (κ1) is 21.9. The van der Waals surface area contributed by atoms with E-state index in [1.165, 1.54) is 36.2 Å². The lowest BCUT2D eigenvalue weighted by Crippen LogP contribution is -2.46. The van der Waals surface area contributed by atoms with E-state index in [0.29, 0.717) is 30.2 Å². The number of benzene rings is 1. The normalized spacial score (nSPS) is 16.4. The number of fused-ring (bicyclic) bond motifs is 1. The molecule has 0 N–H and O–H groups in total. The molecule has 0 spiro atoms. The summed E-state index contributed by atoms with van der Waals surface area (Å²) in [7, 11) is 1.50. The molecule has 1 saturated heterocycles. The van der Waals surface area contributed by atoms with Crippen LogP contribution in [0.25, 0.3) is 11.0 Å². The van der Waals surface area contributed by atoms with Crippen molar-refractivity contribution < 1.29 is 4.92 Å². The van der Waals surface area contributed by atoms with Gasteiger partial charge in [-0.3, -0.25) is 14.9 Å². The Balaban J connectivity index is 1.50. The zero-order chi connectivity index (χ0) is 23.8. The van der Waals surface area contributed by atoms with Crippen LogP contribution < -0.4 is 15.4 Å². The number of para-hydroxylation sites is 1. The second-order valence-corrected chi connectivity index (χ2v) is 9.14.